The van der Waals surface area contributed by atoms with E-state index in [0.717, 1.165) is 16.5 Å². The Hall–Kier alpha value is -2.40. The molecule has 5 nitrogen and oxygen atoms in total. The molecule has 2 amide bonds. The van der Waals surface area contributed by atoms with Gasteiger partial charge in [0.15, 0.2) is 0 Å². The maximum Gasteiger partial charge on any atom is 0.241 e. The van der Waals surface area contributed by atoms with E-state index in [0.29, 0.717) is 13.1 Å². The first-order chi connectivity index (χ1) is 10.6. The Bertz CT molecular complexity index is 709. The largest absolute Gasteiger partial charge is 0.354 e. The molecule has 1 unspecified atom stereocenters. The predicted molar refractivity (Wildman–Crippen MR) is 86.6 cm³/mol. The molecule has 0 saturated carbocycles. The zero-order chi connectivity index (χ0) is 15.5. The molecule has 0 aromatic heterocycles. The minimum atomic E-state index is -0.343. The number of anilines is 1. The summed E-state index contributed by atoms with van der Waals surface area (Å²) in [6.45, 7) is 3.38. The van der Waals surface area contributed by atoms with Gasteiger partial charge in [-0.2, -0.15) is 0 Å². The highest BCUT2D eigenvalue weighted by atomic mass is 16.2. The van der Waals surface area contributed by atoms with Crippen molar-refractivity contribution < 1.29 is 9.59 Å². The zero-order valence-electron chi connectivity index (χ0n) is 12.5. The number of piperazine rings is 1. The second-order valence-electron chi connectivity index (χ2n) is 5.51. The third-order valence-corrected chi connectivity index (χ3v) is 4.04. The maximum absolute atomic E-state index is 12.5. The fraction of sp³-hybridized carbons (Fsp3) is 0.294. The van der Waals surface area contributed by atoms with E-state index >= 15 is 0 Å². The molecule has 1 aliphatic heterocycles. The Labute approximate surface area is 129 Å². The highest BCUT2D eigenvalue weighted by molar-refractivity contribution is 6.03. The van der Waals surface area contributed by atoms with Crippen LogP contribution in [0.25, 0.3) is 10.8 Å². The lowest BCUT2D eigenvalue weighted by Crippen LogP contribution is -2.53. The Balaban J connectivity index is 1.76. The summed E-state index contributed by atoms with van der Waals surface area (Å²) in [6, 6.07) is 13.4. The van der Waals surface area contributed by atoms with Gasteiger partial charge in [-0.15, -0.1) is 0 Å². The molecular weight excluding hydrogens is 278 g/mol. The van der Waals surface area contributed by atoms with Gasteiger partial charge in [-0.1, -0.05) is 36.4 Å². The number of amides is 2. The molecule has 0 aliphatic carbocycles. The molecule has 5 heteroatoms. The molecule has 0 bridgehead atoms. The normalized spacial score (nSPS) is 17.0. The molecule has 1 heterocycles. The van der Waals surface area contributed by atoms with Gasteiger partial charge in [0.05, 0.1) is 12.6 Å². The summed E-state index contributed by atoms with van der Waals surface area (Å²) in [5.41, 5.74) is 0.802. The van der Waals surface area contributed by atoms with Gasteiger partial charge < -0.3 is 10.6 Å². The second kappa shape index (κ2) is 6.15. The van der Waals surface area contributed by atoms with E-state index in [1.807, 2.05) is 54.3 Å². The summed E-state index contributed by atoms with van der Waals surface area (Å²) in [5.74, 6) is -0.123. The van der Waals surface area contributed by atoms with Gasteiger partial charge in [0, 0.05) is 24.2 Å². The first-order valence-electron chi connectivity index (χ1n) is 7.44. The van der Waals surface area contributed by atoms with E-state index in [1.54, 1.807) is 0 Å². The number of carbonyl (C=O) groups excluding carboxylic acids is 2. The zero-order valence-corrected chi connectivity index (χ0v) is 12.5. The Morgan fingerprint density at radius 2 is 2.00 bits per heavy atom. The molecule has 2 aromatic carbocycles. The highest BCUT2D eigenvalue weighted by Crippen LogP contribution is 2.23. The molecule has 22 heavy (non-hydrogen) atoms. The van der Waals surface area contributed by atoms with Crippen molar-refractivity contribution in [2.24, 2.45) is 0 Å². The van der Waals surface area contributed by atoms with Crippen molar-refractivity contribution in [3.05, 3.63) is 42.5 Å². The number of benzene rings is 2. The SMILES string of the molecule is CC(C(=O)Nc1cccc2ccccc12)N1CCNC(=O)C1. The average Bonchev–Trinajstić information content (AvgIpc) is 2.54. The molecule has 1 aliphatic rings. The second-order valence-corrected chi connectivity index (χ2v) is 5.51. The summed E-state index contributed by atoms with van der Waals surface area (Å²) >= 11 is 0. The van der Waals surface area contributed by atoms with Crippen LogP contribution in [-0.2, 0) is 9.59 Å². The van der Waals surface area contributed by atoms with E-state index < -0.39 is 0 Å². The number of hydrogen-bond acceptors (Lipinski definition) is 3. The number of hydrogen-bond donors (Lipinski definition) is 2. The fourth-order valence-corrected chi connectivity index (χ4v) is 2.73. The van der Waals surface area contributed by atoms with Crippen LogP contribution in [-0.4, -0.2) is 42.4 Å². The van der Waals surface area contributed by atoms with Crippen LogP contribution in [0.4, 0.5) is 5.69 Å². The lowest BCUT2D eigenvalue weighted by Gasteiger charge is -2.31. The van der Waals surface area contributed by atoms with Gasteiger partial charge in [-0.3, -0.25) is 14.5 Å². The van der Waals surface area contributed by atoms with E-state index in [4.69, 9.17) is 0 Å². The van der Waals surface area contributed by atoms with Gasteiger partial charge in [0.25, 0.3) is 0 Å². The summed E-state index contributed by atoms with van der Waals surface area (Å²) in [7, 11) is 0. The van der Waals surface area contributed by atoms with Crippen LogP contribution < -0.4 is 10.6 Å². The van der Waals surface area contributed by atoms with Gasteiger partial charge in [0.2, 0.25) is 11.8 Å². The molecular formula is C17H19N3O2. The van der Waals surface area contributed by atoms with Gasteiger partial charge >= 0.3 is 0 Å². The number of rotatable bonds is 3. The van der Waals surface area contributed by atoms with Gasteiger partial charge in [-0.05, 0) is 18.4 Å². The Kier molecular flexibility index (Phi) is 4.06. The van der Waals surface area contributed by atoms with Gasteiger partial charge in [0.1, 0.15) is 0 Å². The van der Waals surface area contributed by atoms with Crippen LogP contribution in [0.3, 0.4) is 0 Å². The van der Waals surface area contributed by atoms with Crippen LogP contribution in [0.15, 0.2) is 42.5 Å². The summed E-state index contributed by atoms with van der Waals surface area (Å²) in [5, 5.41) is 7.86. The van der Waals surface area contributed by atoms with Crippen molar-refractivity contribution in [1.82, 2.24) is 10.2 Å². The van der Waals surface area contributed by atoms with E-state index in [-0.39, 0.29) is 24.4 Å². The minimum absolute atomic E-state index is 0.0314. The standard InChI is InChI=1S/C17H19N3O2/c1-12(20-10-9-18-16(21)11-20)17(22)19-15-8-4-6-13-5-2-3-7-14(13)15/h2-8,12H,9-11H2,1H3,(H,18,21)(H,19,22). The van der Waals surface area contributed by atoms with E-state index in [1.165, 1.54) is 0 Å². The third-order valence-electron chi connectivity index (χ3n) is 4.04. The lowest BCUT2D eigenvalue weighted by molar-refractivity contribution is -0.127. The molecule has 0 radical (unpaired) electrons. The predicted octanol–water partition coefficient (Wildman–Crippen LogP) is 1.60. The topological polar surface area (TPSA) is 61.4 Å². The molecule has 1 saturated heterocycles. The smallest absolute Gasteiger partial charge is 0.241 e. The quantitative estimate of drug-likeness (QED) is 0.904. The van der Waals surface area contributed by atoms with Crippen LogP contribution in [0.2, 0.25) is 0 Å². The lowest BCUT2D eigenvalue weighted by atomic mass is 10.1. The monoisotopic (exact) mass is 297 g/mol. The molecule has 1 atom stereocenters. The molecule has 114 valence electrons. The third kappa shape index (κ3) is 2.94. The maximum atomic E-state index is 12.5. The summed E-state index contributed by atoms with van der Waals surface area (Å²) in [4.78, 5) is 25.8. The van der Waals surface area contributed by atoms with Crippen LogP contribution >= 0.6 is 0 Å². The van der Waals surface area contributed by atoms with Crippen molar-refractivity contribution in [2.45, 2.75) is 13.0 Å². The summed E-state index contributed by atoms with van der Waals surface area (Å²) < 4.78 is 0. The van der Waals surface area contributed by atoms with Crippen LogP contribution in [0, 0.1) is 0 Å². The van der Waals surface area contributed by atoms with Crippen molar-refractivity contribution in [3.63, 3.8) is 0 Å². The number of nitrogens with zero attached hydrogens (tertiary/aromatic N) is 1. The first-order valence-corrected chi connectivity index (χ1v) is 7.44. The van der Waals surface area contributed by atoms with Crippen molar-refractivity contribution in [3.8, 4) is 0 Å². The average molecular weight is 297 g/mol. The first kappa shape index (κ1) is 14.5. The van der Waals surface area contributed by atoms with Gasteiger partial charge in [-0.25, -0.2) is 0 Å². The summed E-state index contributed by atoms with van der Waals surface area (Å²) in [6.07, 6.45) is 0. The van der Waals surface area contributed by atoms with Crippen molar-refractivity contribution in [2.75, 3.05) is 25.0 Å². The van der Waals surface area contributed by atoms with Crippen molar-refractivity contribution >= 4 is 28.3 Å². The van der Waals surface area contributed by atoms with E-state index in [2.05, 4.69) is 10.6 Å². The fourth-order valence-electron chi connectivity index (χ4n) is 2.73. The molecule has 1 fully saturated rings. The number of nitrogens with one attached hydrogen (secondary N) is 2. The van der Waals surface area contributed by atoms with E-state index in [9.17, 15) is 9.59 Å². The molecule has 3 rings (SSSR count). The highest BCUT2D eigenvalue weighted by Gasteiger charge is 2.26. The Morgan fingerprint density at radius 1 is 1.23 bits per heavy atom. The molecule has 2 aromatic rings. The van der Waals surface area contributed by atoms with Crippen LogP contribution in [0.1, 0.15) is 6.92 Å². The number of fused-ring (bicyclic) bond motifs is 1. The molecule has 2 N–H and O–H groups in total. The minimum Gasteiger partial charge on any atom is -0.354 e. The number of carbonyl (C=O) groups is 2. The van der Waals surface area contributed by atoms with Crippen LogP contribution in [0.5, 0.6) is 0 Å². The Morgan fingerprint density at radius 3 is 2.82 bits per heavy atom. The molecule has 0 spiro atoms. The van der Waals surface area contributed by atoms with Crippen molar-refractivity contribution in [1.29, 1.82) is 0 Å².